The van der Waals surface area contributed by atoms with Crippen molar-refractivity contribution in [2.24, 2.45) is 0 Å². The smallest absolute Gasteiger partial charge is 0.0825 e. The largest absolute Gasteiger partial charge is 0.379 e. The number of methoxy groups -OCH3 is 1. The van der Waals surface area contributed by atoms with Gasteiger partial charge in [-0.1, -0.05) is 0 Å². The van der Waals surface area contributed by atoms with Crippen LogP contribution in [0.2, 0.25) is 0 Å². The molecule has 0 aromatic rings. The van der Waals surface area contributed by atoms with Crippen molar-refractivity contribution in [3.8, 4) is 0 Å². The normalized spacial score (nSPS) is 30.8. The van der Waals surface area contributed by atoms with E-state index in [9.17, 15) is 0 Å². The number of nitrogens with zero attached hydrogens (tertiary/aromatic N) is 2. The molecule has 2 aliphatic heterocycles. The molecule has 0 N–H and O–H groups in total. The Morgan fingerprint density at radius 1 is 1.13 bits per heavy atom. The van der Waals surface area contributed by atoms with Crippen molar-refractivity contribution >= 4 is 0 Å². The van der Waals surface area contributed by atoms with Crippen LogP contribution in [0.3, 0.4) is 0 Å². The molecule has 0 saturated carbocycles. The maximum Gasteiger partial charge on any atom is 0.0825 e. The summed E-state index contributed by atoms with van der Waals surface area (Å²) in [5, 5.41) is 0. The molecule has 15 heavy (non-hydrogen) atoms. The third kappa shape index (κ3) is 2.35. The average molecular weight is 212 g/mol. The summed E-state index contributed by atoms with van der Waals surface area (Å²) in [6, 6.07) is 0.774. The quantitative estimate of drug-likeness (QED) is 0.684. The fourth-order valence-corrected chi connectivity index (χ4v) is 2.57. The summed E-state index contributed by atoms with van der Waals surface area (Å²) >= 11 is 0. The molecule has 2 rings (SSSR count). The molecule has 2 heterocycles. The topological polar surface area (TPSA) is 15.7 Å². The first-order valence-electron chi connectivity index (χ1n) is 6.02. The second kappa shape index (κ2) is 4.04. The molecule has 2 fully saturated rings. The minimum Gasteiger partial charge on any atom is -0.379 e. The molecule has 0 aliphatic carbocycles. The number of rotatable bonds is 2. The minimum atomic E-state index is 0.334. The first-order valence-corrected chi connectivity index (χ1v) is 6.02. The highest BCUT2D eigenvalue weighted by molar-refractivity contribution is 4.94. The van der Waals surface area contributed by atoms with Gasteiger partial charge < -0.3 is 4.74 Å². The third-order valence-electron chi connectivity index (χ3n) is 3.84. The zero-order valence-electron chi connectivity index (χ0n) is 10.5. The molecule has 0 aromatic heterocycles. The Balaban J connectivity index is 1.79. The second-order valence-electron chi connectivity index (χ2n) is 5.87. The van der Waals surface area contributed by atoms with Gasteiger partial charge in [0.15, 0.2) is 0 Å². The van der Waals surface area contributed by atoms with Gasteiger partial charge >= 0.3 is 0 Å². The van der Waals surface area contributed by atoms with Crippen molar-refractivity contribution in [3.63, 3.8) is 0 Å². The zero-order valence-corrected chi connectivity index (χ0v) is 10.5. The van der Waals surface area contributed by atoms with Gasteiger partial charge in [0.25, 0.3) is 0 Å². The number of hydrogen-bond acceptors (Lipinski definition) is 3. The Kier molecular flexibility index (Phi) is 3.06. The summed E-state index contributed by atoms with van der Waals surface area (Å²) in [5.74, 6) is 0. The van der Waals surface area contributed by atoms with Gasteiger partial charge in [-0.05, 0) is 27.2 Å². The summed E-state index contributed by atoms with van der Waals surface area (Å²) in [4.78, 5) is 5.16. The van der Waals surface area contributed by atoms with Crippen LogP contribution in [0, 0.1) is 0 Å². The molecule has 0 aromatic carbocycles. The molecule has 2 saturated heterocycles. The summed E-state index contributed by atoms with van der Waals surface area (Å²) in [6.07, 6.45) is 1.82. The lowest BCUT2D eigenvalue weighted by Gasteiger charge is -2.42. The molecule has 3 nitrogen and oxygen atoms in total. The predicted octanol–water partition coefficient (Wildman–Crippen LogP) is 1.19. The van der Waals surface area contributed by atoms with Crippen LogP contribution in [0.25, 0.3) is 0 Å². The highest BCUT2D eigenvalue weighted by atomic mass is 16.5. The molecule has 0 radical (unpaired) electrons. The Morgan fingerprint density at radius 3 is 2.27 bits per heavy atom. The van der Waals surface area contributed by atoms with Gasteiger partial charge in [-0.3, -0.25) is 9.80 Å². The lowest BCUT2D eigenvalue weighted by atomic mass is 10.1. The van der Waals surface area contributed by atoms with Crippen molar-refractivity contribution in [2.45, 2.75) is 44.9 Å². The Bertz CT molecular complexity index is 218. The number of likely N-dealkylation sites (tertiary alicyclic amines) is 2. The van der Waals surface area contributed by atoms with E-state index in [1.54, 1.807) is 0 Å². The molecule has 2 aliphatic rings. The van der Waals surface area contributed by atoms with Crippen LogP contribution in [-0.4, -0.2) is 60.8 Å². The minimum absolute atomic E-state index is 0.334. The van der Waals surface area contributed by atoms with Crippen LogP contribution in [0.4, 0.5) is 0 Å². The van der Waals surface area contributed by atoms with Gasteiger partial charge in [0.05, 0.1) is 6.10 Å². The monoisotopic (exact) mass is 212 g/mol. The lowest BCUT2D eigenvalue weighted by Crippen LogP contribution is -2.57. The second-order valence-corrected chi connectivity index (χ2v) is 5.87. The molecular weight excluding hydrogens is 188 g/mol. The SMILES string of the molecule is COC1CN([C@H]2CCN(C(C)(C)C)C2)C1. The van der Waals surface area contributed by atoms with Gasteiger partial charge in [-0.2, -0.15) is 0 Å². The highest BCUT2D eigenvalue weighted by Gasteiger charge is 2.38. The maximum atomic E-state index is 5.31. The fraction of sp³-hybridized carbons (Fsp3) is 1.00. The summed E-state index contributed by atoms with van der Waals surface area (Å²) in [7, 11) is 1.82. The van der Waals surface area contributed by atoms with Crippen molar-refractivity contribution in [1.29, 1.82) is 0 Å². The predicted molar refractivity (Wildman–Crippen MR) is 62.1 cm³/mol. The Hall–Kier alpha value is -0.120. The van der Waals surface area contributed by atoms with Crippen molar-refractivity contribution in [1.82, 2.24) is 9.80 Å². The maximum absolute atomic E-state index is 5.31. The summed E-state index contributed by atoms with van der Waals surface area (Å²) in [5.41, 5.74) is 0.334. The number of hydrogen-bond donors (Lipinski definition) is 0. The van der Waals surface area contributed by atoms with Crippen LogP contribution in [0.5, 0.6) is 0 Å². The van der Waals surface area contributed by atoms with E-state index in [0.717, 1.165) is 19.1 Å². The summed E-state index contributed by atoms with van der Waals surface area (Å²) in [6.45, 7) is 11.7. The average Bonchev–Trinajstić information content (AvgIpc) is 2.50. The van der Waals surface area contributed by atoms with Gasteiger partial charge in [0.2, 0.25) is 0 Å². The van der Waals surface area contributed by atoms with Crippen LogP contribution in [0.15, 0.2) is 0 Å². The lowest BCUT2D eigenvalue weighted by molar-refractivity contribution is -0.0496. The first kappa shape index (κ1) is 11.4. The van der Waals surface area contributed by atoms with Gasteiger partial charge in [0.1, 0.15) is 0 Å². The fourth-order valence-electron chi connectivity index (χ4n) is 2.57. The molecule has 88 valence electrons. The van der Waals surface area contributed by atoms with Crippen LogP contribution in [-0.2, 0) is 4.74 Å². The van der Waals surface area contributed by atoms with Crippen LogP contribution in [0.1, 0.15) is 27.2 Å². The van der Waals surface area contributed by atoms with Crippen molar-refractivity contribution in [3.05, 3.63) is 0 Å². The standard InChI is InChI=1S/C12H24N2O/c1-12(2,3)14-6-5-10(7-14)13-8-11(9-13)15-4/h10-11H,5-9H2,1-4H3/t10-/m0/s1. The van der Waals surface area contributed by atoms with E-state index < -0.39 is 0 Å². The molecule has 0 spiro atoms. The zero-order chi connectivity index (χ0) is 11.1. The molecule has 0 amide bonds. The van der Waals surface area contributed by atoms with Gasteiger partial charge in [0, 0.05) is 44.9 Å². The molecule has 0 unspecified atom stereocenters. The van der Waals surface area contributed by atoms with Crippen LogP contribution < -0.4 is 0 Å². The van der Waals surface area contributed by atoms with E-state index in [2.05, 4.69) is 30.6 Å². The molecule has 1 atom stereocenters. The van der Waals surface area contributed by atoms with Crippen LogP contribution >= 0.6 is 0 Å². The third-order valence-corrected chi connectivity index (χ3v) is 3.84. The summed E-state index contributed by atoms with van der Waals surface area (Å²) < 4.78 is 5.31. The van der Waals surface area contributed by atoms with E-state index in [1.807, 2.05) is 7.11 Å². The van der Waals surface area contributed by atoms with E-state index in [-0.39, 0.29) is 0 Å². The number of ether oxygens (including phenoxy) is 1. The van der Waals surface area contributed by atoms with Crippen molar-refractivity contribution in [2.75, 3.05) is 33.3 Å². The van der Waals surface area contributed by atoms with E-state index >= 15 is 0 Å². The first-order chi connectivity index (χ1) is 7.00. The Morgan fingerprint density at radius 2 is 1.80 bits per heavy atom. The van der Waals surface area contributed by atoms with E-state index in [4.69, 9.17) is 4.74 Å². The molecular formula is C12H24N2O. The highest BCUT2D eigenvalue weighted by Crippen LogP contribution is 2.26. The molecule has 0 bridgehead atoms. The van der Waals surface area contributed by atoms with Gasteiger partial charge in [-0.25, -0.2) is 0 Å². The van der Waals surface area contributed by atoms with E-state index in [1.165, 1.54) is 19.5 Å². The Labute approximate surface area is 93.4 Å². The van der Waals surface area contributed by atoms with E-state index in [0.29, 0.717) is 11.6 Å². The molecule has 3 heteroatoms. The van der Waals surface area contributed by atoms with Gasteiger partial charge in [-0.15, -0.1) is 0 Å². The van der Waals surface area contributed by atoms with Crippen molar-refractivity contribution < 1.29 is 4.74 Å².